The Labute approximate surface area is 194 Å². The van der Waals surface area contributed by atoms with Gasteiger partial charge in [-0.2, -0.15) is 23.4 Å². The van der Waals surface area contributed by atoms with Crippen LogP contribution >= 0.6 is 11.6 Å². The number of aryl methyl sites for hydroxylation is 2. The Morgan fingerprint density at radius 2 is 2.00 bits per heavy atom. The normalized spacial score (nSPS) is 11.6. The molecule has 0 aliphatic carbocycles. The van der Waals surface area contributed by atoms with Crippen LogP contribution in [0.2, 0.25) is 5.15 Å². The molecule has 3 heterocycles. The van der Waals surface area contributed by atoms with E-state index in [1.54, 1.807) is 6.92 Å². The summed E-state index contributed by atoms with van der Waals surface area (Å²) in [5.41, 5.74) is -0.474. The molecule has 0 fully saturated rings. The molecule has 15 heteroatoms. The third-order valence-electron chi connectivity index (χ3n) is 4.25. The first-order valence-electron chi connectivity index (χ1n) is 9.49. The van der Waals surface area contributed by atoms with Gasteiger partial charge in [-0.1, -0.05) is 11.6 Å². The van der Waals surface area contributed by atoms with Crippen LogP contribution in [0.5, 0.6) is 5.75 Å². The molecule has 0 aliphatic rings. The number of halogens is 6. The molecular formula is C19H17ClF5N7O2. The first-order chi connectivity index (χ1) is 15.9. The molecule has 3 aromatic rings. The summed E-state index contributed by atoms with van der Waals surface area (Å²) in [4.78, 5) is 15.9. The highest BCUT2D eigenvalue weighted by Crippen LogP contribution is 2.36. The molecule has 0 saturated heterocycles. The van der Waals surface area contributed by atoms with E-state index >= 15 is 0 Å². The van der Waals surface area contributed by atoms with Crippen LogP contribution in [0.4, 0.5) is 32.4 Å². The van der Waals surface area contributed by atoms with Crippen LogP contribution in [0.25, 0.3) is 11.3 Å². The minimum Gasteiger partial charge on any atom is -0.484 e. The molecule has 0 spiro atoms. The summed E-state index contributed by atoms with van der Waals surface area (Å²) in [6.45, 7) is 0.560. The van der Waals surface area contributed by atoms with Crippen LogP contribution in [-0.4, -0.2) is 44.0 Å². The summed E-state index contributed by atoms with van der Waals surface area (Å²) in [5.74, 6) is -0.134. The average Bonchev–Trinajstić information content (AvgIpc) is 3.14. The topological polar surface area (TPSA) is 107 Å². The maximum Gasteiger partial charge on any atom is 0.435 e. The van der Waals surface area contributed by atoms with E-state index in [4.69, 9.17) is 16.3 Å². The van der Waals surface area contributed by atoms with Gasteiger partial charge in [0.05, 0.1) is 35.4 Å². The predicted octanol–water partition coefficient (Wildman–Crippen LogP) is 4.22. The van der Waals surface area contributed by atoms with Crippen molar-refractivity contribution in [2.45, 2.75) is 26.1 Å². The molecule has 182 valence electrons. The fourth-order valence-electron chi connectivity index (χ4n) is 2.86. The second kappa shape index (κ2) is 10.2. The van der Waals surface area contributed by atoms with E-state index in [1.807, 2.05) is 0 Å². The smallest absolute Gasteiger partial charge is 0.435 e. The van der Waals surface area contributed by atoms with Gasteiger partial charge in [-0.3, -0.25) is 4.68 Å². The zero-order valence-corrected chi connectivity index (χ0v) is 18.4. The molecular weight excluding hydrogens is 489 g/mol. The maximum atomic E-state index is 13.2. The largest absolute Gasteiger partial charge is 0.484 e. The third kappa shape index (κ3) is 6.27. The van der Waals surface area contributed by atoms with Gasteiger partial charge in [-0.25, -0.2) is 18.6 Å². The van der Waals surface area contributed by atoms with E-state index in [0.717, 1.165) is 4.68 Å². The Hall–Kier alpha value is -3.55. The highest BCUT2D eigenvalue weighted by molar-refractivity contribution is 6.30. The van der Waals surface area contributed by atoms with E-state index in [2.05, 4.69) is 30.9 Å². The number of anilines is 1. The number of amides is 2. The lowest BCUT2D eigenvalue weighted by Crippen LogP contribution is -2.28. The number of aromatic nitrogens is 5. The Bertz CT molecular complexity index is 1190. The molecule has 3 rings (SSSR count). The van der Waals surface area contributed by atoms with Gasteiger partial charge < -0.3 is 15.4 Å². The Morgan fingerprint density at radius 1 is 1.26 bits per heavy atom. The fourth-order valence-corrected chi connectivity index (χ4v) is 3.02. The molecule has 0 aromatic carbocycles. The van der Waals surface area contributed by atoms with E-state index in [-0.39, 0.29) is 40.1 Å². The lowest BCUT2D eigenvalue weighted by Gasteiger charge is -2.11. The predicted molar refractivity (Wildman–Crippen MR) is 111 cm³/mol. The van der Waals surface area contributed by atoms with Crippen molar-refractivity contribution >= 4 is 23.3 Å². The number of ether oxygens (including phenoxy) is 1. The van der Waals surface area contributed by atoms with Crippen molar-refractivity contribution in [3.8, 4) is 17.0 Å². The highest BCUT2D eigenvalue weighted by Gasteiger charge is 2.38. The molecule has 0 aliphatic heterocycles. The lowest BCUT2D eigenvalue weighted by molar-refractivity contribution is -0.141. The van der Waals surface area contributed by atoms with E-state index < -0.39 is 30.9 Å². The highest BCUT2D eigenvalue weighted by atomic mass is 35.5. The van der Waals surface area contributed by atoms with Crippen molar-refractivity contribution in [1.82, 2.24) is 30.3 Å². The zero-order valence-electron chi connectivity index (χ0n) is 17.6. The number of rotatable bonds is 7. The first-order valence-corrected chi connectivity index (χ1v) is 9.87. The summed E-state index contributed by atoms with van der Waals surface area (Å²) in [6, 6.07) is 2.01. The molecule has 0 saturated carbocycles. The number of urea groups is 1. The van der Waals surface area contributed by atoms with E-state index in [9.17, 15) is 26.7 Å². The molecule has 2 amide bonds. The number of nitrogens with one attached hydrogen (secondary N) is 2. The molecule has 34 heavy (non-hydrogen) atoms. The van der Waals surface area contributed by atoms with Crippen LogP contribution in [0.3, 0.4) is 0 Å². The Morgan fingerprint density at radius 3 is 2.65 bits per heavy atom. The van der Waals surface area contributed by atoms with Crippen LogP contribution in [-0.2, 0) is 19.8 Å². The monoisotopic (exact) mass is 505 g/mol. The summed E-state index contributed by atoms with van der Waals surface area (Å²) in [7, 11) is 1.36. The number of carbonyl (C=O) groups is 1. The molecule has 3 aromatic heterocycles. The van der Waals surface area contributed by atoms with Gasteiger partial charge in [0.15, 0.2) is 16.6 Å². The second-order valence-corrected chi connectivity index (χ2v) is 7.31. The average molecular weight is 506 g/mol. The Balaban J connectivity index is 1.65. The zero-order chi connectivity index (χ0) is 25.0. The second-order valence-electron chi connectivity index (χ2n) is 6.95. The summed E-state index contributed by atoms with van der Waals surface area (Å²) in [5, 5.41) is 16.0. The number of alkyl halides is 5. The number of pyridine rings is 1. The first kappa shape index (κ1) is 25.1. The van der Waals surface area contributed by atoms with E-state index in [1.165, 1.54) is 31.6 Å². The standard InChI is InChI=1S/C19H17ClF5N7O2/c1-9-3-11(29-30-15(9)12-7-32(2)31-16(12)19(23,24)25)6-27-18(33)28-10-4-13(17(20)26-5-10)34-8-14(21)22/h3-5,7,14H,6,8H2,1-2H3,(H2,27,28,33). The number of nitrogens with zero attached hydrogens (tertiary/aromatic N) is 5. The van der Waals surface area contributed by atoms with Crippen LogP contribution < -0.4 is 15.4 Å². The summed E-state index contributed by atoms with van der Waals surface area (Å²) in [6.07, 6.45) is -4.98. The van der Waals surface area contributed by atoms with Gasteiger partial charge in [0, 0.05) is 19.3 Å². The van der Waals surface area contributed by atoms with Crippen molar-refractivity contribution in [1.29, 1.82) is 0 Å². The molecule has 9 nitrogen and oxygen atoms in total. The van der Waals surface area contributed by atoms with Gasteiger partial charge in [0.1, 0.15) is 6.61 Å². The van der Waals surface area contributed by atoms with Crippen molar-refractivity contribution in [2.75, 3.05) is 11.9 Å². The van der Waals surface area contributed by atoms with Crippen molar-refractivity contribution in [3.05, 3.63) is 46.6 Å². The third-order valence-corrected chi connectivity index (χ3v) is 4.53. The molecule has 2 N–H and O–H groups in total. The summed E-state index contributed by atoms with van der Waals surface area (Å²) >= 11 is 5.77. The SMILES string of the molecule is Cc1cc(CNC(=O)Nc2cnc(Cl)c(OCC(F)F)c2)nnc1-c1cn(C)nc1C(F)(F)F. The van der Waals surface area contributed by atoms with Crippen LogP contribution in [0.15, 0.2) is 24.5 Å². The number of hydrogen-bond donors (Lipinski definition) is 2. The number of carbonyl (C=O) groups excluding carboxylic acids is 1. The van der Waals surface area contributed by atoms with Gasteiger partial charge in [0.25, 0.3) is 6.43 Å². The molecule has 0 radical (unpaired) electrons. The maximum absolute atomic E-state index is 13.2. The van der Waals surface area contributed by atoms with Crippen molar-refractivity contribution in [2.24, 2.45) is 7.05 Å². The van der Waals surface area contributed by atoms with Crippen LogP contribution in [0, 0.1) is 6.92 Å². The minimum absolute atomic E-state index is 0.0113. The molecule has 0 unspecified atom stereocenters. The minimum atomic E-state index is -4.66. The quantitative estimate of drug-likeness (QED) is 0.368. The lowest BCUT2D eigenvalue weighted by atomic mass is 10.1. The Kier molecular flexibility index (Phi) is 7.49. The van der Waals surface area contributed by atoms with Crippen LogP contribution in [0.1, 0.15) is 17.0 Å². The fraction of sp³-hybridized carbons (Fsp3) is 0.316. The van der Waals surface area contributed by atoms with Crippen molar-refractivity contribution < 1.29 is 31.5 Å². The molecule has 0 bridgehead atoms. The molecule has 0 atom stereocenters. The van der Waals surface area contributed by atoms with Gasteiger partial charge in [-0.15, -0.1) is 5.10 Å². The summed E-state index contributed by atoms with van der Waals surface area (Å²) < 4.78 is 70.2. The van der Waals surface area contributed by atoms with Crippen molar-refractivity contribution in [3.63, 3.8) is 0 Å². The van der Waals surface area contributed by atoms with E-state index in [0.29, 0.717) is 5.56 Å². The van der Waals surface area contributed by atoms with Gasteiger partial charge in [-0.05, 0) is 18.6 Å². The van der Waals surface area contributed by atoms with Gasteiger partial charge in [0.2, 0.25) is 0 Å². The number of hydrogen-bond acceptors (Lipinski definition) is 6. The van der Waals surface area contributed by atoms with Gasteiger partial charge >= 0.3 is 12.2 Å².